The molecular weight excluding hydrogens is 270 g/mol. The van der Waals surface area contributed by atoms with Crippen molar-refractivity contribution in [2.45, 2.75) is 18.8 Å². The number of thiazole rings is 1. The molecule has 0 bridgehead atoms. The molecule has 2 heterocycles. The zero-order valence-corrected chi connectivity index (χ0v) is 11.5. The molecule has 100 valence electrons. The van der Waals surface area contributed by atoms with Crippen LogP contribution < -0.4 is 5.32 Å². The van der Waals surface area contributed by atoms with Gasteiger partial charge in [0.05, 0.1) is 5.69 Å². The third-order valence-electron chi connectivity index (χ3n) is 3.58. The molecule has 4 rings (SSSR count). The quantitative estimate of drug-likeness (QED) is 0.769. The Hall–Kier alpha value is -2.14. The van der Waals surface area contributed by atoms with Crippen LogP contribution in [0.3, 0.4) is 0 Å². The number of rotatable bonds is 3. The van der Waals surface area contributed by atoms with Gasteiger partial charge >= 0.3 is 0 Å². The number of nitrogens with one attached hydrogen (secondary N) is 2. The molecular formula is C15H13N3OS. The van der Waals surface area contributed by atoms with Crippen LogP contribution in [-0.2, 0) is 0 Å². The number of amides is 1. The molecule has 0 aliphatic heterocycles. The van der Waals surface area contributed by atoms with Crippen LogP contribution in [0.15, 0.2) is 35.8 Å². The summed E-state index contributed by atoms with van der Waals surface area (Å²) in [6, 6.07) is 7.59. The molecule has 20 heavy (non-hydrogen) atoms. The molecule has 0 atom stereocenters. The van der Waals surface area contributed by atoms with Gasteiger partial charge in [0.1, 0.15) is 0 Å². The van der Waals surface area contributed by atoms with E-state index in [0.29, 0.717) is 16.6 Å². The van der Waals surface area contributed by atoms with E-state index in [0.717, 1.165) is 16.6 Å². The summed E-state index contributed by atoms with van der Waals surface area (Å²) in [7, 11) is 0. The van der Waals surface area contributed by atoms with Gasteiger partial charge in [-0.25, -0.2) is 4.98 Å². The molecule has 2 aromatic heterocycles. The summed E-state index contributed by atoms with van der Waals surface area (Å²) in [5.41, 5.74) is 2.76. The Morgan fingerprint density at radius 1 is 1.35 bits per heavy atom. The van der Waals surface area contributed by atoms with Gasteiger partial charge in [0.2, 0.25) is 0 Å². The van der Waals surface area contributed by atoms with Gasteiger partial charge < -0.3 is 4.98 Å². The standard InChI is InChI=1S/C15H13N3OS/c19-14(11-2-1-3-12-10(11)6-7-16-12)18-15-17-13(8-20-15)9-4-5-9/h1-3,6-9,16H,4-5H2,(H,17,18,19). The molecule has 0 unspecified atom stereocenters. The van der Waals surface area contributed by atoms with Gasteiger partial charge in [-0.1, -0.05) is 6.07 Å². The number of anilines is 1. The number of aromatic nitrogens is 2. The first-order chi connectivity index (χ1) is 9.81. The number of benzene rings is 1. The molecule has 1 aromatic carbocycles. The minimum absolute atomic E-state index is 0.105. The number of hydrogen-bond acceptors (Lipinski definition) is 3. The normalized spacial score (nSPS) is 14.6. The van der Waals surface area contributed by atoms with Crippen LogP contribution in [0.4, 0.5) is 5.13 Å². The van der Waals surface area contributed by atoms with Crippen LogP contribution in [0.5, 0.6) is 0 Å². The molecule has 1 fully saturated rings. The van der Waals surface area contributed by atoms with Gasteiger partial charge in [-0.05, 0) is 31.0 Å². The summed E-state index contributed by atoms with van der Waals surface area (Å²) in [6.07, 6.45) is 4.29. The Balaban J connectivity index is 1.61. The van der Waals surface area contributed by atoms with Gasteiger partial charge in [-0.2, -0.15) is 0 Å². The Morgan fingerprint density at radius 3 is 3.10 bits per heavy atom. The second-order valence-electron chi connectivity index (χ2n) is 5.05. The van der Waals surface area contributed by atoms with E-state index in [2.05, 4.69) is 15.3 Å². The van der Waals surface area contributed by atoms with Crippen LogP contribution in [-0.4, -0.2) is 15.9 Å². The SMILES string of the molecule is O=C(Nc1nc(C2CC2)cs1)c1cccc2[nH]ccc12. The van der Waals surface area contributed by atoms with E-state index in [1.54, 1.807) is 0 Å². The van der Waals surface area contributed by atoms with Crippen LogP contribution in [0.25, 0.3) is 10.9 Å². The van der Waals surface area contributed by atoms with Crippen molar-refractivity contribution in [3.8, 4) is 0 Å². The molecule has 0 saturated heterocycles. The predicted molar refractivity (Wildman–Crippen MR) is 80.3 cm³/mol. The second-order valence-corrected chi connectivity index (χ2v) is 5.91. The minimum Gasteiger partial charge on any atom is -0.361 e. The number of hydrogen-bond donors (Lipinski definition) is 2. The van der Waals surface area contributed by atoms with Crippen molar-refractivity contribution >= 4 is 33.3 Å². The Labute approximate surface area is 119 Å². The number of H-pyrrole nitrogens is 1. The van der Waals surface area contributed by atoms with E-state index in [-0.39, 0.29) is 5.91 Å². The van der Waals surface area contributed by atoms with Gasteiger partial charge in [0.25, 0.3) is 5.91 Å². The second kappa shape index (κ2) is 4.45. The third kappa shape index (κ3) is 2.00. The van der Waals surface area contributed by atoms with Crippen molar-refractivity contribution in [2.75, 3.05) is 5.32 Å². The molecule has 4 nitrogen and oxygen atoms in total. The Morgan fingerprint density at radius 2 is 2.25 bits per heavy atom. The highest BCUT2D eigenvalue weighted by Crippen LogP contribution is 2.40. The maximum atomic E-state index is 12.4. The molecule has 3 aromatic rings. The van der Waals surface area contributed by atoms with Crippen LogP contribution in [0.2, 0.25) is 0 Å². The van der Waals surface area contributed by atoms with E-state index in [1.165, 1.54) is 24.2 Å². The number of fused-ring (bicyclic) bond motifs is 1. The number of carbonyl (C=O) groups is 1. The zero-order chi connectivity index (χ0) is 13.5. The lowest BCUT2D eigenvalue weighted by molar-refractivity contribution is 0.102. The summed E-state index contributed by atoms with van der Waals surface area (Å²) in [4.78, 5) is 20.0. The number of nitrogens with zero attached hydrogens (tertiary/aromatic N) is 1. The number of carbonyl (C=O) groups excluding carboxylic acids is 1. The molecule has 1 saturated carbocycles. The van der Waals surface area contributed by atoms with Crippen molar-refractivity contribution < 1.29 is 4.79 Å². The maximum Gasteiger partial charge on any atom is 0.258 e. The molecule has 5 heteroatoms. The fraction of sp³-hybridized carbons (Fsp3) is 0.200. The highest BCUT2D eigenvalue weighted by atomic mass is 32.1. The molecule has 1 amide bonds. The van der Waals surface area contributed by atoms with Gasteiger partial charge in [-0.15, -0.1) is 11.3 Å². The van der Waals surface area contributed by atoms with E-state index in [4.69, 9.17) is 0 Å². The summed E-state index contributed by atoms with van der Waals surface area (Å²) in [6.45, 7) is 0. The summed E-state index contributed by atoms with van der Waals surface area (Å²) >= 11 is 1.50. The average Bonchev–Trinajstić information content (AvgIpc) is 3.00. The number of aromatic amines is 1. The first-order valence-electron chi connectivity index (χ1n) is 6.64. The van der Waals surface area contributed by atoms with Gasteiger partial charge in [-0.3, -0.25) is 10.1 Å². The Kier molecular flexibility index (Phi) is 2.60. The lowest BCUT2D eigenvalue weighted by Gasteiger charge is -2.03. The van der Waals surface area contributed by atoms with Crippen LogP contribution in [0, 0.1) is 0 Å². The van der Waals surface area contributed by atoms with Crippen LogP contribution in [0.1, 0.15) is 34.8 Å². The predicted octanol–water partition coefficient (Wildman–Crippen LogP) is 3.75. The molecule has 1 aliphatic carbocycles. The topological polar surface area (TPSA) is 57.8 Å². The molecule has 0 spiro atoms. The van der Waals surface area contributed by atoms with Gasteiger partial charge in [0, 0.05) is 34.0 Å². The molecule has 0 radical (unpaired) electrons. The average molecular weight is 283 g/mol. The highest BCUT2D eigenvalue weighted by molar-refractivity contribution is 7.14. The zero-order valence-electron chi connectivity index (χ0n) is 10.7. The summed E-state index contributed by atoms with van der Waals surface area (Å²) in [5, 5.41) is 6.56. The fourth-order valence-electron chi connectivity index (χ4n) is 2.36. The van der Waals surface area contributed by atoms with Crippen molar-refractivity contribution in [3.63, 3.8) is 0 Å². The lowest BCUT2D eigenvalue weighted by Crippen LogP contribution is -2.12. The van der Waals surface area contributed by atoms with E-state index >= 15 is 0 Å². The third-order valence-corrected chi connectivity index (χ3v) is 4.35. The first kappa shape index (κ1) is 11.7. The van der Waals surface area contributed by atoms with Crippen molar-refractivity contribution in [3.05, 3.63) is 47.1 Å². The minimum atomic E-state index is -0.105. The van der Waals surface area contributed by atoms with E-state index in [1.807, 2.05) is 35.8 Å². The van der Waals surface area contributed by atoms with Crippen LogP contribution >= 0.6 is 11.3 Å². The van der Waals surface area contributed by atoms with Crippen molar-refractivity contribution in [2.24, 2.45) is 0 Å². The van der Waals surface area contributed by atoms with Gasteiger partial charge in [0.15, 0.2) is 5.13 Å². The highest BCUT2D eigenvalue weighted by Gasteiger charge is 2.26. The van der Waals surface area contributed by atoms with Crippen molar-refractivity contribution in [1.29, 1.82) is 0 Å². The summed E-state index contributed by atoms with van der Waals surface area (Å²) < 4.78 is 0. The summed E-state index contributed by atoms with van der Waals surface area (Å²) in [5.74, 6) is 0.511. The first-order valence-corrected chi connectivity index (χ1v) is 7.52. The Bertz CT molecular complexity index is 785. The van der Waals surface area contributed by atoms with E-state index < -0.39 is 0 Å². The largest absolute Gasteiger partial charge is 0.361 e. The van der Waals surface area contributed by atoms with E-state index in [9.17, 15) is 4.79 Å². The maximum absolute atomic E-state index is 12.4. The van der Waals surface area contributed by atoms with Crippen molar-refractivity contribution in [1.82, 2.24) is 9.97 Å². The monoisotopic (exact) mass is 283 g/mol. The molecule has 1 aliphatic rings. The fourth-order valence-corrected chi connectivity index (χ4v) is 3.15. The molecule has 2 N–H and O–H groups in total. The smallest absolute Gasteiger partial charge is 0.258 e. The lowest BCUT2D eigenvalue weighted by atomic mass is 10.1.